The Hall–Kier alpha value is -1.24. The first-order valence-corrected chi connectivity index (χ1v) is 8.47. The van der Waals surface area contributed by atoms with Crippen molar-refractivity contribution < 1.29 is 13.2 Å². The molecule has 0 N–H and O–H groups in total. The van der Waals surface area contributed by atoms with Gasteiger partial charge < -0.3 is 4.74 Å². The molecule has 1 heterocycles. The van der Waals surface area contributed by atoms with E-state index in [0.717, 1.165) is 16.3 Å². The molecule has 1 atom stereocenters. The van der Waals surface area contributed by atoms with Crippen LogP contribution in [0.3, 0.4) is 0 Å². The lowest BCUT2D eigenvalue weighted by Gasteiger charge is -2.04. The fourth-order valence-corrected chi connectivity index (χ4v) is 3.12. The average Bonchev–Trinajstić information content (AvgIpc) is 2.86. The lowest BCUT2D eigenvalue weighted by Crippen LogP contribution is -1.97. The first-order chi connectivity index (χ1) is 8.91. The zero-order valence-corrected chi connectivity index (χ0v) is 12.6. The van der Waals surface area contributed by atoms with Crippen molar-refractivity contribution in [1.29, 1.82) is 0 Å². The third-order valence-electron chi connectivity index (χ3n) is 2.78. The van der Waals surface area contributed by atoms with Gasteiger partial charge in [-0.2, -0.15) is 0 Å². The molecule has 1 unspecified atom stereocenters. The van der Waals surface area contributed by atoms with Crippen molar-refractivity contribution >= 4 is 21.2 Å². The number of thiazole rings is 1. The van der Waals surface area contributed by atoms with Crippen LogP contribution >= 0.6 is 11.3 Å². The molecule has 102 valence electrons. The normalized spacial score (nSPS) is 13.4. The molecule has 0 saturated carbocycles. The van der Waals surface area contributed by atoms with E-state index in [4.69, 9.17) is 4.74 Å². The van der Waals surface area contributed by atoms with Gasteiger partial charge in [0.25, 0.3) is 0 Å². The van der Waals surface area contributed by atoms with Gasteiger partial charge in [-0.3, -0.25) is 0 Å². The van der Waals surface area contributed by atoms with E-state index in [1.165, 1.54) is 17.6 Å². The van der Waals surface area contributed by atoms with Crippen molar-refractivity contribution in [3.05, 3.63) is 34.7 Å². The molecule has 0 aliphatic rings. The second kappa shape index (κ2) is 5.40. The van der Waals surface area contributed by atoms with Crippen molar-refractivity contribution in [3.8, 4) is 11.3 Å². The van der Waals surface area contributed by atoms with E-state index in [1.54, 1.807) is 25.3 Å². The van der Waals surface area contributed by atoms with Crippen LogP contribution in [0.2, 0.25) is 0 Å². The van der Waals surface area contributed by atoms with Gasteiger partial charge in [-0.15, -0.1) is 11.3 Å². The van der Waals surface area contributed by atoms with Crippen molar-refractivity contribution in [2.45, 2.75) is 17.9 Å². The Bertz CT molecular complexity index is 677. The molecular weight excluding hydrogens is 282 g/mol. The van der Waals surface area contributed by atoms with Gasteiger partial charge in [0.05, 0.1) is 10.6 Å². The molecule has 0 aliphatic carbocycles. The van der Waals surface area contributed by atoms with Gasteiger partial charge in [0, 0.05) is 24.3 Å². The van der Waals surface area contributed by atoms with Gasteiger partial charge in [0.15, 0.2) is 9.84 Å². The summed E-state index contributed by atoms with van der Waals surface area (Å²) in [4.78, 5) is 4.78. The molecule has 0 fully saturated rings. The van der Waals surface area contributed by atoms with Crippen molar-refractivity contribution in [2.75, 3.05) is 13.4 Å². The Balaban J connectivity index is 2.40. The maximum Gasteiger partial charge on any atom is 0.175 e. The highest BCUT2D eigenvalue weighted by molar-refractivity contribution is 7.90. The molecule has 1 aromatic heterocycles. The largest absolute Gasteiger partial charge is 0.375 e. The third kappa shape index (κ3) is 3.20. The summed E-state index contributed by atoms with van der Waals surface area (Å²) in [6.45, 7) is 1.93. The van der Waals surface area contributed by atoms with Crippen LogP contribution in [-0.2, 0) is 14.6 Å². The fourth-order valence-electron chi connectivity index (χ4n) is 1.59. The molecule has 1 aromatic carbocycles. The number of benzene rings is 1. The van der Waals surface area contributed by atoms with Crippen LogP contribution in [0.15, 0.2) is 34.5 Å². The number of ether oxygens (including phenoxy) is 1. The highest BCUT2D eigenvalue weighted by Gasteiger charge is 2.12. The Morgan fingerprint density at radius 3 is 2.74 bits per heavy atom. The van der Waals surface area contributed by atoms with E-state index in [-0.39, 0.29) is 6.10 Å². The van der Waals surface area contributed by atoms with Crippen LogP contribution in [0.25, 0.3) is 11.3 Å². The molecule has 4 nitrogen and oxygen atoms in total. The monoisotopic (exact) mass is 297 g/mol. The highest BCUT2D eigenvalue weighted by Crippen LogP contribution is 2.27. The molecular formula is C13H15NO3S2. The number of nitrogens with zero attached hydrogens (tertiary/aromatic N) is 1. The summed E-state index contributed by atoms with van der Waals surface area (Å²) in [5.74, 6) is 0. The van der Waals surface area contributed by atoms with Gasteiger partial charge in [0.2, 0.25) is 0 Å². The first-order valence-electron chi connectivity index (χ1n) is 5.70. The number of sulfone groups is 1. The van der Waals surface area contributed by atoms with Crippen LogP contribution in [-0.4, -0.2) is 26.8 Å². The second-order valence-corrected chi connectivity index (χ2v) is 7.15. The van der Waals surface area contributed by atoms with E-state index in [9.17, 15) is 8.42 Å². The van der Waals surface area contributed by atoms with Crippen molar-refractivity contribution in [2.24, 2.45) is 0 Å². The lowest BCUT2D eigenvalue weighted by atomic mass is 10.2. The summed E-state index contributed by atoms with van der Waals surface area (Å²) in [5.41, 5.74) is 1.57. The minimum atomic E-state index is -3.20. The van der Waals surface area contributed by atoms with Crippen LogP contribution in [0, 0.1) is 0 Å². The number of hydrogen-bond acceptors (Lipinski definition) is 5. The quantitative estimate of drug-likeness (QED) is 0.870. The summed E-state index contributed by atoms with van der Waals surface area (Å²) in [6.07, 6.45) is 1.14. The van der Waals surface area contributed by atoms with Gasteiger partial charge in [-0.1, -0.05) is 12.1 Å². The first kappa shape index (κ1) is 14.2. The van der Waals surface area contributed by atoms with E-state index >= 15 is 0 Å². The summed E-state index contributed by atoms with van der Waals surface area (Å²) >= 11 is 1.50. The highest BCUT2D eigenvalue weighted by atomic mass is 32.2. The molecule has 0 radical (unpaired) electrons. The SMILES string of the molecule is COC(C)c1nc(-c2cccc(S(C)(=O)=O)c2)cs1. The van der Waals surface area contributed by atoms with Gasteiger partial charge in [-0.05, 0) is 19.1 Å². The molecule has 0 saturated heterocycles. The number of hydrogen-bond donors (Lipinski definition) is 0. The zero-order valence-electron chi connectivity index (χ0n) is 11.0. The fraction of sp³-hybridized carbons (Fsp3) is 0.308. The van der Waals surface area contributed by atoms with Gasteiger partial charge in [-0.25, -0.2) is 13.4 Å². The van der Waals surface area contributed by atoms with Crippen LogP contribution in [0.4, 0.5) is 0 Å². The molecule has 19 heavy (non-hydrogen) atoms. The maximum absolute atomic E-state index is 11.5. The third-order valence-corrected chi connectivity index (χ3v) is 4.90. The average molecular weight is 297 g/mol. The molecule has 2 rings (SSSR count). The molecule has 0 spiro atoms. The predicted octanol–water partition coefficient (Wildman–Crippen LogP) is 2.92. The zero-order chi connectivity index (χ0) is 14.0. The Morgan fingerprint density at radius 2 is 2.11 bits per heavy atom. The number of rotatable bonds is 4. The van der Waals surface area contributed by atoms with E-state index in [0.29, 0.717) is 4.90 Å². The Morgan fingerprint density at radius 1 is 1.37 bits per heavy atom. The topological polar surface area (TPSA) is 56.3 Å². The standard InChI is InChI=1S/C13H15NO3S2/c1-9(17-2)13-14-12(8-18-13)10-5-4-6-11(7-10)19(3,15)16/h4-9H,1-3H3. The molecule has 0 aliphatic heterocycles. The molecule has 0 bridgehead atoms. The van der Waals surface area contributed by atoms with Crippen LogP contribution in [0.5, 0.6) is 0 Å². The minimum absolute atomic E-state index is 0.0585. The number of aromatic nitrogens is 1. The second-order valence-electron chi connectivity index (χ2n) is 4.25. The van der Waals surface area contributed by atoms with E-state index in [1.807, 2.05) is 18.4 Å². The van der Waals surface area contributed by atoms with Gasteiger partial charge in [0.1, 0.15) is 11.1 Å². The van der Waals surface area contributed by atoms with E-state index < -0.39 is 9.84 Å². The maximum atomic E-state index is 11.5. The Labute approximate surface area is 117 Å². The van der Waals surface area contributed by atoms with Crippen LogP contribution < -0.4 is 0 Å². The summed E-state index contributed by atoms with van der Waals surface area (Å²) < 4.78 is 28.3. The minimum Gasteiger partial charge on any atom is -0.375 e. The predicted molar refractivity (Wildman–Crippen MR) is 76.1 cm³/mol. The van der Waals surface area contributed by atoms with Crippen molar-refractivity contribution in [3.63, 3.8) is 0 Å². The summed E-state index contributed by atoms with van der Waals surface area (Å²) in [7, 11) is -1.56. The summed E-state index contributed by atoms with van der Waals surface area (Å²) in [5, 5.41) is 2.79. The van der Waals surface area contributed by atoms with E-state index in [2.05, 4.69) is 4.98 Å². The lowest BCUT2D eigenvalue weighted by molar-refractivity contribution is 0.119. The molecule has 2 aromatic rings. The smallest absolute Gasteiger partial charge is 0.175 e. The van der Waals surface area contributed by atoms with Crippen molar-refractivity contribution in [1.82, 2.24) is 4.98 Å². The number of methoxy groups -OCH3 is 1. The molecule has 6 heteroatoms. The molecule has 0 amide bonds. The summed E-state index contributed by atoms with van der Waals surface area (Å²) in [6, 6.07) is 6.81. The van der Waals surface area contributed by atoms with Gasteiger partial charge >= 0.3 is 0 Å². The Kier molecular flexibility index (Phi) is 4.03. The van der Waals surface area contributed by atoms with Crippen LogP contribution in [0.1, 0.15) is 18.0 Å².